The molecule has 0 aliphatic heterocycles. The first-order valence-corrected chi connectivity index (χ1v) is 4.34. The molecular weight excluding hydrogens is 220 g/mol. The van der Waals surface area contributed by atoms with Crippen molar-refractivity contribution in [1.82, 2.24) is 9.61 Å². The van der Waals surface area contributed by atoms with Crippen LogP contribution in [0.2, 0.25) is 0 Å². The third-order valence-corrected chi connectivity index (χ3v) is 2.38. The summed E-state index contributed by atoms with van der Waals surface area (Å²) in [6.45, 7) is 0.0200. The summed E-state index contributed by atoms with van der Waals surface area (Å²) in [7, 11) is 0. The standard InChI is InChI=1S/C8H7BrN2O/c9-7-2-1-3-11-8(7)6(5-12)4-10-11/h1-4,12H,5H2. The van der Waals surface area contributed by atoms with Gasteiger partial charge in [0.1, 0.15) is 0 Å². The van der Waals surface area contributed by atoms with Gasteiger partial charge in [-0.2, -0.15) is 5.10 Å². The van der Waals surface area contributed by atoms with E-state index in [9.17, 15) is 0 Å². The van der Waals surface area contributed by atoms with Crippen LogP contribution in [0.4, 0.5) is 0 Å². The Bertz CT molecular complexity index is 410. The zero-order chi connectivity index (χ0) is 8.55. The molecule has 0 spiro atoms. The molecule has 0 aliphatic rings. The highest BCUT2D eigenvalue weighted by molar-refractivity contribution is 9.10. The number of aliphatic hydroxyl groups excluding tert-OH is 1. The third-order valence-electron chi connectivity index (χ3n) is 1.74. The summed E-state index contributed by atoms with van der Waals surface area (Å²) < 4.78 is 2.68. The Balaban J connectivity index is 2.83. The van der Waals surface area contributed by atoms with Gasteiger partial charge >= 0.3 is 0 Å². The van der Waals surface area contributed by atoms with Crippen LogP contribution in [0.15, 0.2) is 29.0 Å². The van der Waals surface area contributed by atoms with Crippen molar-refractivity contribution in [2.75, 3.05) is 0 Å². The number of aromatic nitrogens is 2. The maximum atomic E-state index is 8.97. The summed E-state index contributed by atoms with van der Waals surface area (Å²) in [6, 6.07) is 3.82. The molecule has 2 heterocycles. The predicted octanol–water partition coefficient (Wildman–Crippen LogP) is 1.59. The molecule has 2 aromatic heterocycles. The van der Waals surface area contributed by atoms with Gasteiger partial charge in [0, 0.05) is 16.2 Å². The van der Waals surface area contributed by atoms with E-state index in [0.717, 1.165) is 15.6 Å². The lowest BCUT2D eigenvalue weighted by Gasteiger charge is -1.96. The zero-order valence-electron chi connectivity index (χ0n) is 6.24. The van der Waals surface area contributed by atoms with E-state index in [1.54, 1.807) is 10.7 Å². The number of hydrogen-bond acceptors (Lipinski definition) is 2. The van der Waals surface area contributed by atoms with Crippen molar-refractivity contribution in [3.8, 4) is 0 Å². The Morgan fingerprint density at radius 3 is 3.17 bits per heavy atom. The van der Waals surface area contributed by atoms with Gasteiger partial charge in [0.15, 0.2) is 0 Å². The molecule has 0 saturated carbocycles. The molecule has 0 atom stereocenters. The van der Waals surface area contributed by atoms with E-state index in [-0.39, 0.29) is 6.61 Å². The first kappa shape index (κ1) is 7.76. The van der Waals surface area contributed by atoms with Crippen LogP contribution in [-0.4, -0.2) is 14.7 Å². The molecule has 0 unspecified atom stereocenters. The van der Waals surface area contributed by atoms with E-state index in [2.05, 4.69) is 21.0 Å². The molecule has 62 valence electrons. The monoisotopic (exact) mass is 226 g/mol. The van der Waals surface area contributed by atoms with Gasteiger partial charge in [-0.25, -0.2) is 4.52 Å². The maximum Gasteiger partial charge on any atom is 0.0858 e. The van der Waals surface area contributed by atoms with Gasteiger partial charge in [-0.3, -0.25) is 0 Å². The van der Waals surface area contributed by atoms with Crippen LogP contribution in [0, 0.1) is 0 Å². The number of rotatable bonds is 1. The van der Waals surface area contributed by atoms with Gasteiger partial charge < -0.3 is 5.11 Å². The molecule has 3 nitrogen and oxygen atoms in total. The molecular formula is C8H7BrN2O. The highest BCUT2D eigenvalue weighted by atomic mass is 79.9. The summed E-state index contributed by atoms with van der Waals surface area (Å²) >= 11 is 3.40. The lowest BCUT2D eigenvalue weighted by molar-refractivity contribution is 0.283. The van der Waals surface area contributed by atoms with E-state index < -0.39 is 0 Å². The quantitative estimate of drug-likeness (QED) is 0.803. The third kappa shape index (κ3) is 1.04. The normalized spacial score (nSPS) is 10.8. The zero-order valence-corrected chi connectivity index (χ0v) is 7.82. The summed E-state index contributed by atoms with van der Waals surface area (Å²) in [5, 5.41) is 13.1. The average Bonchev–Trinajstić information content (AvgIpc) is 2.49. The second-order valence-corrected chi connectivity index (χ2v) is 3.33. The van der Waals surface area contributed by atoms with Gasteiger partial charge in [0.05, 0.1) is 18.3 Å². The van der Waals surface area contributed by atoms with Gasteiger partial charge in [-0.15, -0.1) is 0 Å². The molecule has 0 bridgehead atoms. The molecule has 0 saturated heterocycles. The summed E-state index contributed by atoms with van der Waals surface area (Å²) in [5.74, 6) is 0. The molecule has 2 aromatic rings. The highest BCUT2D eigenvalue weighted by Gasteiger charge is 2.04. The van der Waals surface area contributed by atoms with Gasteiger partial charge in [-0.05, 0) is 28.1 Å². The smallest absolute Gasteiger partial charge is 0.0858 e. The van der Waals surface area contributed by atoms with E-state index in [4.69, 9.17) is 5.11 Å². The minimum atomic E-state index is 0.0200. The number of nitrogens with zero attached hydrogens (tertiary/aromatic N) is 2. The van der Waals surface area contributed by atoms with Crippen molar-refractivity contribution in [3.63, 3.8) is 0 Å². The van der Waals surface area contributed by atoms with Crippen molar-refractivity contribution in [2.24, 2.45) is 0 Å². The highest BCUT2D eigenvalue weighted by Crippen LogP contribution is 2.20. The lowest BCUT2D eigenvalue weighted by atomic mass is 10.3. The van der Waals surface area contributed by atoms with Crippen molar-refractivity contribution < 1.29 is 5.11 Å². The lowest BCUT2D eigenvalue weighted by Crippen LogP contribution is -1.87. The molecule has 0 fully saturated rings. The van der Waals surface area contributed by atoms with E-state index in [1.807, 2.05) is 18.3 Å². The van der Waals surface area contributed by atoms with Crippen molar-refractivity contribution in [2.45, 2.75) is 6.61 Å². The second kappa shape index (κ2) is 2.88. The largest absolute Gasteiger partial charge is 0.392 e. The molecule has 0 aromatic carbocycles. The van der Waals surface area contributed by atoms with E-state index in [1.165, 1.54) is 0 Å². The summed E-state index contributed by atoms with van der Waals surface area (Å²) in [6.07, 6.45) is 3.51. The predicted molar refractivity (Wildman–Crippen MR) is 48.8 cm³/mol. The molecule has 4 heteroatoms. The van der Waals surface area contributed by atoms with Crippen molar-refractivity contribution >= 4 is 21.4 Å². The number of pyridine rings is 1. The fourth-order valence-corrected chi connectivity index (χ4v) is 1.77. The average molecular weight is 227 g/mol. The van der Waals surface area contributed by atoms with Gasteiger partial charge in [0.25, 0.3) is 0 Å². The Morgan fingerprint density at radius 1 is 1.58 bits per heavy atom. The fourth-order valence-electron chi connectivity index (χ4n) is 1.18. The van der Waals surface area contributed by atoms with Crippen LogP contribution in [-0.2, 0) is 6.61 Å². The SMILES string of the molecule is OCc1cnn2cccc(Br)c12. The summed E-state index contributed by atoms with van der Waals surface area (Å²) in [5.41, 5.74) is 1.77. The number of fused-ring (bicyclic) bond motifs is 1. The first-order chi connectivity index (χ1) is 5.83. The number of hydrogen-bond donors (Lipinski definition) is 1. The van der Waals surface area contributed by atoms with Crippen LogP contribution in [0.5, 0.6) is 0 Å². The molecule has 1 N–H and O–H groups in total. The topological polar surface area (TPSA) is 37.5 Å². The molecule has 0 aliphatic carbocycles. The number of halogens is 1. The molecule has 12 heavy (non-hydrogen) atoms. The molecule has 0 amide bonds. The first-order valence-electron chi connectivity index (χ1n) is 3.54. The number of aliphatic hydroxyl groups is 1. The van der Waals surface area contributed by atoms with Crippen LogP contribution < -0.4 is 0 Å². The Morgan fingerprint density at radius 2 is 2.42 bits per heavy atom. The van der Waals surface area contributed by atoms with Gasteiger partial charge in [-0.1, -0.05) is 0 Å². The second-order valence-electron chi connectivity index (χ2n) is 2.48. The van der Waals surface area contributed by atoms with Crippen molar-refractivity contribution in [3.05, 3.63) is 34.6 Å². The van der Waals surface area contributed by atoms with E-state index >= 15 is 0 Å². The van der Waals surface area contributed by atoms with Crippen LogP contribution in [0.25, 0.3) is 5.52 Å². The minimum Gasteiger partial charge on any atom is -0.392 e. The van der Waals surface area contributed by atoms with Crippen LogP contribution >= 0.6 is 15.9 Å². The minimum absolute atomic E-state index is 0.0200. The van der Waals surface area contributed by atoms with Crippen LogP contribution in [0.3, 0.4) is 0 Å². The fraction of sp³-hybridized carbons (Fsp3) is 0.125. The van der Waals surface area contributed by atoms with E-state index in [0.29, 0.717) is 0 Å². The van der Waals surface area contributed by atoms with Gasteiger partial charge in [0.2, 0.25) is 0 Å². The Hall–Kier alpha value is -0.870. The maximum absolute atomic E-state index is 8.97. The summed E-state index contributed by atoms with van der Waals surface area (Å²) in [4.78, 5) is 0. The molecule has 0 radical (unpaired) electrons. The molecule has 2 rings (SSSR count). The van der Waals surface area contributed by atoms with Crippen molar-refractivity contribution in [1.29, 1.82) is 0 Å². The van der Waals surface area contributed by atoms with Crippen LogP contribution in [0.1, 0.15) is 5.56 Å². The Kier molecular flexibility index (Phi) is 1.86. The Labute approximate surface area is 77.8 Å².